The summed E-state index contributed by atoms with van der Waals surface area (Å²) in [5.74, 6) is 0.642. The molecule has 0 aliphatic heterocycles. The van der Waals surface area contributed by atoms with Crippen LogP contribution in [-0.4, -0.2) is 42.6 Å². The predicted octanol–water partition coefficient (Wildman–Crippen LogP) is 4.56. The Morgan fingerprint density at radius 2 is 1.88 bits per heavy atom. The molecule has 0 fully saturated rings. The second-order valence-corrected chi connectivity index (χ2v) is 6.65. The highest BCUT2D eigenvalue weighted by Crippen LogP contribution is 2.41. The molecule has 5 heteroatoms. The summed E-state index contributed by atoms with van der Waals surface area (Å²) in [4.78, 5) is 14.5. The maximum atomic E-state index is 12.4. The highest BCUT2D eigenvalue weighted by molar-refractivity contribution is 6.31. The first-order chi connectivity index (χ1) is 12.0. The van der Waals surface area contributed by atoms with E-state index in [0.29, 0.717) is 11.6 Å². The number of fused-ring (bicyclic) bond motifs is 1. The zero-order chi connectivity index (χ0) is 18.0. The number of aromatic nitrogens is 1. The van der Waals surface area contributed by atoms with Crippen molar-refractivity contribution < 1.29 is 9.53 Å². The summed E-state index contributed by atoms with van der Waals surface area (Å²) in [6, 6.07) is 15.4. The van der Waals surface area contributed by atoms with Gasteiger partial charge in [0, 0.05) is 29.4 Å². The molecule has 130 valence electrons. The lowest BCUT2D eigenvalue weighted by Crippen LogP contribution is -2.19. The molecule has 0 radical (unpaired) electrons. The fraction of sp³-hybridized carbons (Fsp3) is 0.250. The van der Waals surface area contributed by atoms with E-state index in [2.05, 4.69) is 4.90 Å². The Kier molecular flexibility index (Phi) is 5.11. The van der Waals surface area contributed by atoms with Crippen LogP contribution in [0.15, 0.2) is 48.5 Å². The van der Waals surface area contributed by atoms with Gasteiger partial charge >= 0.3 is 0 Å². The Bertz CT molecular complexity index is 901. The van der Waals surface area contributed by atoms with Crippen molar-refractivity contribution in [3.8, 4) is 17.0 Å². The Balaban J connectivity index is 2.25. The van der Waals surface area contributed by atoms with Gasteiger partial charge in [0.2, 0.25) is 5.91 Å². The fourth-order valence-corrected chi connectivity index (χ4v) is 3.06. The molecule has 0 spiro atoms. The molecular formula is C20H21ClN2O2. The molecule has 3 rings (SSSR count). The number of nitrogens with zero attached hydrogens (tertiary/aromatic N) is 2. The van der Waals surface area contributed by atoms with Crippen LogP contribution in [0.1, 0.15) is 11.7 Å². The van der Waals surface area contributed by atoms with Crippen molar-refractivity contribution in [2.24, 2.45) is 0 Å². The van der Waals surface area contributed by atoms with Crippen LogP contribution in [0.5, 0.6) is 5.75 Å². The van der Waals surface area contributed by atoms with Crippen molar-refractivity contribution in [1.29, 1.82) is 0 Å². The molecule has 0 saturated carbocycles. The van der Waals surface area contributed by atoms with Crippen LogP contribution in [0.4, 0.5) is 0 Å². The van der Waals surface area contributed by atoms with Gasteiger partial charge in [0.15, 0.2) is 5.75 Å². The molecule has 3 aromatic rings. The third kappa shape index (κ3) is 3.55. The smallest absolute Gasteiger partial charge is 0.228 e. The number of benzene rings is 2. The minimum atomic E-state index is -0.0754. The van der Waals surface area contributed by atoms with E-state index in [9.17, 15) is 4.79 Å². The van der Waals surface area contributed by atoms with Crippen molar-refractivity contribution >= 4 is 28.4 Å². The molecule has 0 aliphatic carbocycles. The van der Waals surface area contributed by atoms with E-state index in [1.165, 1.54) is 0 Å². The van der Waals surface area contributed by atoms with E-state index in [-0.39, 0.29) is 5.91 Å². The quantitative estimate of drug-likeness (QED) is 0.672. The van der Waals surface area contributed by atoms with Crippen LogP contribution in [0.25, 0.3) is 22.2 Å². The maximum absolute atomic E-state index is 12.4. The van der Waals surface area contributed by atoms with Crippen LogP contribution < -0.4 is 4.74 Å². The first-order valence-corrected chi connectivity index (χ1v) is 8.54. The van der Waals surface area contributed by atoms with E-state index in [1.54, 1.807) is 11.5 Å². The molecule has 0 unspecified atom stereocenters. The minimum absolute atomic E-state index is 0.0754. The first kappa shape index (κ1) is 17.5. The van der Waals surface area contributed by atoms with Gasteiger partial charge in [-0.05, 0) is 32.3 Å². The van der Waals surface area contributed by atoms with E-state index >= 15 is 0 Å². The number of likely N-dealkylation sites (N-methyl/N-ethyl adjacent to an activating group) is 1. The Hall–Kier alpha value is -2.30. The van der Waals surface area contributed by atoms with Gasteiger partial charge in [-0.1, -0.05) is 41.9 Å². The summed E-state index contributed by atoms with van der Waals surface area (Å²) in [7, 11) is 4.00. The van der Waals surface area contributed by atoms with Gasteiger partial charge in [0.05, 0.1) is 11.2 Å². The second-order valence-electron chi connectivity index (χ2n) is 6.21. The van der Waals surface area contributed by atoms with Crippen molar-refractivity contribution in [2.45, 2.75) is 6.92 Å². The first-order valence-electron chi connectivity index (χ1n) is 8.17. The average Bonchev–Trinajstić information content (AvgIpc) is 2.89. The number of hydrogen-bond donors (Lipinski definition) is 0. The third-order valence-corrected chi connectivity index (χ3v) is 4.27. The second kappa shape index (κ2) is 7.30. The minimum Gasteiger partial charge on any atom is -0.489 e. The summed E-state index contributed by atoms with van der Waals surface area (Å²) in [6.07, 6.45) is 0. The molecule has 0 bridgehead atoms. The van der Waals surface area contributed by atoms with Gasteiger partial charge in [-0.3, -0.25) is 9.36 Å². The summed E-state index contributed by atoms with van der Waals surface area (Å²) in [5.41, 5.74) is 2.47. The molecule has 4 nitrogen and oxygen atoms in total. The van der Waals surface area contributed by atoms with Crippen molar-refractivity contribution in [3.05, 3.63) is 53.6 Å². The van der Waals surface area contributed by atoms with Crippen LogP contribution in [0.2, 0.25) is 5.02 Å². The number of rotatable bonds is 5. The van der Waals surface area contributed by atoms with Gasteiger partial charge in [-0.2, -0.15) is 0 Å². The fourth-order valence-electron chi connectivity index (χ4n) is 2.89. The highest BCUT2D eigenvalue weighted by atomic mass is 35.5. The van der Waals surface area contributed by atoms with Crippen LogP contribution >= 0.6 is 11.6 Å². The van der Waals surface area contributed by atoms with Crippen LogP contribution in [0.3, 0.4) is 0 Å². The van der Waals surface area contributed by atoms with Gasteiger partial charge in [0.25, 0.3) is 0 Å². The lowest BCUT2D eigenvalue weighted by molar-refractivity contribution is 0.0943. The zero-order valence-electron chi connectivity index (χ0n) is 14.6. The summed E-state index contributed by atoms with van der Waals surface area (Å²) in [6.45, 7) is 2.87. The number of halogens is 1. The number of carbonyl (C=O) groups is 1. The Labute approximate surface area is 152 Å². The van der Waals surface area contributed by atoms with Gasteiger partial charge < -0.3 is 9.64 Å². The molecule has 0 saturated heterocycles. The van der Waals surface area contributed by atoms with Crippen molar-refractivity contribution in [2.75, 3.05) is 27.2 Å². The molecule has 1 aromatic heterocycles. The predicted molar refractivity (Wildman–Crippen MR) is 103 cm³/mol. The zero-order valence-corrected chi connectivity index (χ0v) is 15.4. The van der Waals surface area contributed by atoms with E-state index < -0.39 is 0 Å². The van der Waals surface area contributed by atoms with Crippen molar-refractivity contribution in [1.82, 2.24) is 9.47 Å². The SMILES string of the molecule is CC(=O)n1c(-c2ccccc2)c(OCCN(C)C)c2ccc(Cl)cc21. The summed E-state index contributed by atoms with van der Waals surface area (Å²) >= 11 is 6.18. The van der Waals surface area contributed by atoms with Gasteiger partial charge in [-0.15, -0.1) is 0 Å². The molecule has 25 heavy (non-hydrogen) atoms. The molecule has 0 amide bonds. The summed E-state index contributed by atoms with van der Waals surface area (Å²) in [5, 5.41) is 1.48. The monoisotopic (exact) mass is 356 g/mol. The number of carbonyl (C=O) groups excluding carboxylic acids is 1. The maximum Gasteiger partial charge on any atom is 0.228 e. The largest absolute Gasteiger partial charge is 0.489 e. The average molecular weight is 357 g/mol. The lowest BCUT2D eigenvalue weighted by atomic mass is 10.1. The molecule has 0 N–H and O–H groups in total. The normalized spacial score (nSPS) is 11.2. The molecule has 0 aliphatic rings. The lowest BCUT2D eigenvalue weighted by Gasteiger charge is -2.13. The van der Waals surface area contributed by atoms with Crippen LogP contribution in [-0.2, 0) is 0 Å². The van der Waals surface area contributed by atoms with Gasteiger partial charge in [0.1, 0.15) is 6.61 Å². The molecule has 2 aromatic carbocycles. The van der Waals surface area contributed by atoms with Crippen molar-refractivity contribution in [3.63, 3.8) is 0 Å². The standard InChI is InChI=1S/C20H21ClN2O2/c1-14(24)23-18-13-16(21)9-10-17(18)20(25-12-11-22(2)3)19(23)15-7-5-4-6-8-15/h4-10,13H,11-12H2,1-3H3. The third-order valence-electron chi connectivity index (χ3n) is 4.03. The Morgan fingerprint density at radius 3 is 2.52 bits per heavy atom. The van der Waals surface area contributed by atoms with Gasteiger partial charge in [-0.25, -0.2) is 0 Å². The number of hydrogen-bond acceptors (Lipinski definition) is 3. The molecule has 1 heterocycles. The topological polar surface area (TPSA) is 34.5 Å². The Morgan fingerprint density at radius 1 is 1.16 bits per heavy atom. The number of ether oxygens (including phenoxy) is 1. The van der Waals surface area contributed by atoms with E-state index in [0.717, 1.165) is 34.5 Å². The summed E-state index contributed by atoms with van der Waals surface area (Å²) < 4.78 is 7.81. The highest BCUT2D eigenvalue weighted by Gasteiger charge is 2.22. The molecule has 0 atom stereocenters. The molecular weight excluding hydrogens is 336 g/mol. The van der Waals surface area contributed by atoms with E-state index in [4.69, 9.17) is 16.3 Å². The van der Waals surface area contributed by atoms with E-state index in [1.807, 2.05) is 62.6 Å². The van der Waals surface area contributed by atoms with Crippen LogP contribution in [0, 0.1) is 0 Å².